The Kier molecular flexibility index (Phi) is 6.11. The average molecular weight is 299 g/mol. The summed E-state index contributed by atoms with van der Waals surface area (Å²) >= 11 is 0. The molecule has 22 heavy (non-hydrogen) atoms. The van der Waals surface area contributed by atoms with Crippen molar-refractivity contribution >= 4 is 5.69 Å². The second-order valence-electron chi connectivity index (χ2n) is 5.97. The van der Waals surface area contributed by atoms with Crippen LogP contribution < -0.4 is 9.64 Å². The molecule has 0 saturated heterocycles. The number of unbranched alkanes of at least 4 members (excludes halogenated alkanes) is 2. The Bertz CT molecular complexity index is 532. The van der Waals surface area contributed by atoms with Gasteiger partial charge in [0.05, 0.1) is 18.8 Å². The molecule has 0 amide bonds. The molecule has 0 unspecified atom stereocenters. The van der Waals surface area contributed by atoms with Crippen LogP contribution in [0.25, 0.3) is 0 Å². The zero-order valence-electron chi connectivity index (χ0n) is 14.3. The van der Waals surface area contributed by atoms with E-state index < -0.39 is 0 Å². The van der Waals surface area contributed by atoms with Crippen molar-refractivity contribution in [2.45, 2.75) is 52.0 Å². The lowest BCUT2D eigenvalue weighted by Gasteiger charge is -2.30. The van der Waals surface area contributed by atoms with Crippen molar-refractivity contribution in [1.82, 2.24) is 0 Å². The third kappa shape index (κ3) is 3.55. The first kappa shape index (κ1) is 16.7. The lowest BCUT2D eigenvalue weighted by Crippen LogP contribution is -2.32. The number of hydrogen-bond donors (Lipinski definition) is 0. The quantitative estimate of drug-likeness (QED) is 0.599. The minimum absolute atomic E-state index is 0.422. The summed E-state index contributed by atoms with van der Waals surface area (Å²) in [6, 6.07) is 8.72. The fourth-order valence-electron chi connectivity index (χ4n) is 3.31. The molecular formula is C20H29NO. The fraction of sp³-hybridized carbons (Fsp3) is 0.500. The lowest BCUT2D eigenvalue weighted by atomic mass is 9.95. The molecule has 0 radical (unpaired) electrons. The predicted molar refractivity (Wildman–Crippen MR) is 95.8 cm³/mol. The maximum absolute atomic E-state index is 5.54. The van der Waals surface area contributed by atoms with E-state index in [0.717, 1.165) is 25.1 Å². The molecule has 0 aromatic heterocycles. The highest BCUT2D eigenvalue weighted by molar-refractivity contribution is 5.63. The van der Waals surface area contributed by atoms with E-state index in [1.165, 1.54) is 36.1 Å². The van der Waals surface area contributed by atoms with Gasteiger partial charge in [0.2, 0.25) is 0 Å². The van der Waals surface area contributed by atoms with Crippen LogP contribution in [0, 0.1) is 0 Å². The first-order valence-corrected chi connectivity index (χ1v) is 8.50. The van der Waals surface area contributed by atoms with Crippen LogP contribution in [0.4, 0.5) is 5.69 Å². The monoisotopic (exact) mass is 299 g/mol. The summed E-state index contributed by atoms with van der Waals surface area (Å²) in [7, 11) is 1.74. The molecule has 2 heteroatoms. The first-order valence-electron chi connectivity index (χ1n) is 8.50. The maximum Gasteiger partial charge on any atom is 0.142 e. The van der Waals surface area contributed by atoms with E-state index in [1.807, 2.05) is 12.1 Å². The van der Waals surface area contributed by atoms with Crippen LogP contribution in [0.15, 0.2) is 48.1 Å². The number of hydrogen-bond acceptors (Lipinski definition) is 2. The van der Waals surface area contributed by atoms with Crippen molar-refractivity contribution in [1.29, 1.82) is 0 Å². The van der Waals surface area contributed by atoms with Gasteiger partial charge in [0.1, 0.15) is 5.75 Å². The Morgan fingerprint density at radius 1 is 1.27 bits per heavy atom. The summed E-state index contributed by atoms with van der Waals surface area (Å²) in [5, 5.41) is 0. The Morgan fingerprint density at radius 2 is 2.05 bits per heavy atom. The molecule has 1 aromatic rings. The van der Waals surface area contributed by atoms with Crippen LogP contribution in [-0.4, -0.2) is 19.7 Å². The molecule has 1 aliphatic heterocycles. The highest BCUT2D eigenvalue weighted by atomic mass is 16.5. The third-order valence-corrected chi connectivity index (χ3v) is 4.51. The van der Waals surface area contributed by atoms with Crippen LogP contribution in [0.1, 0.15) is 46.0 Å². The lowest BCUT2D eigenvalue weighted by molar-refractivity contribution is 0.414. The third-order valence-electron chi connectivity index (χ3n) is 4.51. The molecule has 1 aliphatic rings. The van der Waals surface area contributed by atoms with Crippen molar-refractivity contribution in [3.8, 4) is 5.75 Å². The van der Waals surface area contributed by atoms with Gasteiger partial charge in [-0.25, -0.2) is 0 Å². The second-order valence-corrected chi connectivity index (χ2v) is 5.97. The Morgan fingerprint density at radius 3 is 2.73 bits per heavy atom. The normalized spacial score (nSPS) is 17.5. The van der Waals surface area contributed by atoms with Crippen LogP contribution in [0.3, 0.4) is 0 Å². The molecule has 0 spiro atoms. The smallest absolute Gasteiger partial charge is 0.142 e. The molecule has 2 rings (SSSR count). The fourth-order valence-corrected chi connectivity index (χ4v) is 3.31. The van der Waals surface area contributed by atoms with Crippen molar-refractivity contribution in [2.75, 3.05) is 18.6 Å². The van der Waals surface area contributed by atoms with Gasteiger partial charge in [-0.15, -0.1) is 0 Å². The van der Waals surface area contributed by atoms with E-state index in [2.05, 4.69) is 43.5 Å². The molecule has 0 saturated carbocycles. The summed E-state index contributed by atoms with van der Waals surface area (Å²) in [5.74, 6) is 0.951. The van der Waals surface area contributed by atoms with Gasteiger partial charge in [-0.3, -0.25) is 0 Å². The molecular weight excluding hydrogens is 270 g/mol. The average Bonchev–Trinajstić information content (AvgIpc) is 2.98. The number of nitrogens with zero attached hydrogens (tertiary/aromatic N) is 1. The highest BCUT2D eigenvalue weighted by Gasteiger charge is 2.28. The number of ether oxygens (including phenoxy) is 1. The molecule has 2 nitrogen and oxygen atoms in total. The zero-order valence-corrected chi connectivity index (χ0v) is 14.3. The topological polar surface area (TPSA) is 12.5 Å². The Hall–Kier alpha value is -1.70. The van der Waals surface area contributed by atoms with Crippen LogP contribution in [-0.2, 0) is 0 Å². The predicted octanol–water partition coefficient (Wildman–Crippen LogP) is 5.36. The van der Waals surface area contributed by atoms with Crippen LogP contribution >= 0.6 is 0 Å². The van der Waals surface area contributed by atoms with Gasteiger partial charge in [0, 0.05) is 6.54 Å². The number of benzene rings is 1. The largest absolute Gasteiger partial charge is 0.495 e. The first-order chi connectivity index (χ1) is 10.7. The molecule has 0 N–H and O–H groups in total. The summed E-state index contributed by atoms with van der Waals surface area (Å²) < 4.78 is 5.54. The van der Waals surface area contributed by atoms with Gasteiger partial charge in [0.15, 0.2) is 0 Å². The van der Waals surface area contributed by atoms with Crippen LogP contribution in [0.5, 0.6) is 5.75 Å². The van der Waals surface area contributed by atoms with Gasteiger partial charge in [-0.2, -0.15) is 0 Å². The van der Waals surface area contributed by atoms with E-state index >= 15 is 0 Å². The van der Waals surface area contributed by atoms with E-state index in [9.17, 15) is 0 Å². The minimum Gasteiger partial charge on any atom is -0.495 e. The zero-order chi connectivity index (χ0) is 15.9. The van der Waals surface area contributed by atoms with E-state index in [1.54, 1.807) is 7.11 Å². The summed E-state index contributed by atoms with van der Waals surface area (Å²) in [4.78, 5) is 2.44. The Balaban J connectivity index is 2.13. The summed E-state index contributed by atoms with van der Waals surface area (Å²) in [6.45, 7) is 9.80. The van der Waals surface area contributed by atoms with Crippen molar-refractivity contribution in [3.05, 3.63) is 48.1 Å². The summed E-state index contributed by atoms with van der Waals surface area (Å²) in [5.41, 5.74) is 3.94. The number of anilines is 1. The van der Waals surface area contributed by atoms with Crippen molar-refractivity contribution < 1.29 is 4.74 Å². The van der Waals surface area contributed by atoms with Crippen LogP contribution in [0.2, 0.25) is 0 Å². The van der Waals surface area contributed by atoms with E-state index in [-0.39, 0.29) is 0 Å². The second kappa shape index (κ2) is 8.07. The van der Waals surface area contributed by atoms with Gasteiger partial charge >= 0.3 is 0 Å². The number of para-hydroxylation sites is 2. The highest BCUT2D eigenvalue weighted by Crippen LogP contribution is 2.37. The van der Waals surface area contributed by atoms with Gasteiger partial charge < -0.3 is 9.64 Å². The number of rotatable bonds is 8. The minimum atomic E-state index is 0.422. The standard InChI is InChI=1S/C20H29NO/c1-5-7-8-11-16(3)17-14-15-21(18(17)6-2)19-12-9-10-13-20(19)22-4/h9-10,12-14,18H,3,5-8,11,15H2,1-2,4H3/t18-/m0/s1. The molecule has 120 valence electrons. The maximum atomic E-state index is 5.54. The van der Waals surface area contributed by atoms with Crippen molar-refractivity contribution in [3.63, 3.8) is 0 Å². The van der Waals surface area contributed by atoms with E-state index in [0.29, 0.717) is 6.04 Å². The van der Waals surface area contributed by atoms with Crippen molar-refractivity contribution in [2.24, 2.45) is 0 Å². The molecule has 1 atom stereocenters. The Labute approximate surface area is 135 Å². The molecule has 0 bridgehead atoms. The van der Waals surface area contributed by atoms with Gasteiger partial charge in [-0.1, -0.05) is 57.0 Å². The molecule has 0 aliphatic carbocycles. The van der Waals surface area contributed by atoms with E-state index in [4.69, 9.17) is 4.74 Å². The number of methoxy groups -OCH3 is 1. The SMILES string of the molecule is C=C(CCCCC)C1=CCN(c2ccccc2OC)[C@H]1CC. The van der Waals surface area contributed by atoms with Gasteiger partial charge in [-0.05, 0) is 37.0 Å². The van der Waals surface area contributed by atoms with Gasteiger partial charge in [0.25, 0.3) is 0 Å². The molecule has 0 fully saturated rings. The molecule has 1 aromatic carbocycles. The summed E-state index contributed by atoms with van der Waals surface area (Å²) in [6.07, 6.45) is 8.37. The molecule has 1 heterocycles.